The van der Waals surface area contributed by atoms with Crippen LogP contribution in [-0.2, 0) is 0 Å². The van der Waals surface area contributed by atoms with E-state index in [1.165, 1.54) is 38.5 Å². The highest BCUT2D eigenvalue weighted by atomic mass is 14.3. The van der Waals surface area contributed by atoms with Crippen molar-refractivity contribution < 1.29 is 0 Å². The van der Waals surface area contributed by atoms with Crippen LogP contribution in [0.15, 0.2) is 24.3 Å². The molecule has 2 aliphatic carbocycles. The molecule has 13 heavy (non-hydrogen) atoms. The molecule has 0 heterocycles. The molecule has 0 spiro atoms. The van der Waals surface area contributed by atoms with Crippen LogP contribution in [0.25, 0.3) is 0 Å². The van der Waals surface area contributed by atoms with E-state index in [1.54, 1.807) is 0 Å². The second kappa shape index (κ2) is 5.26. The molecule has 0 amide bonds. The zero-order chi connectivity index (χ0) is 8.23. The van der Waals surface area contributed by atoms with Crippen LogP contribution in [0.2, 0.25) is 0 Å². The summed E-state index contributed by atoms with van der Waals surface area (Å²) >= 11 is 0. The zero-order valence-corrected chi connectivity index (χ0v) is 8.41. The third-order valence-electron chi connectivity index (χ3n) is 3.26. The van der Waals surface area contributed by atoms with E-state index in [0.717, 1.165) is 11.8 Å². The number of hydrogen-bond donors (Lipinski definition) is 0. The molecule has 0 aliphatic heterocycles. The lowest BCUT2D eigenvalue weighted by Gasteiger charge is -2.28. The summed E-state index contributed by atoms with van der Waals surface area (Å²) in [4.78, 5) is 0. The maximum atomic E-state index is 2.40. The van der Waals surface area contributed by atoms with Crippen LogP contribution in [0.4, 0.5) is 0 Å². The quantitative estimate of drug-likeness (QED) is 0.489. The van der Waals surface area contributed by atoms with Gasteiger partial charge in [-0.25, -0.2) is 0 Å². The van der Waals surface area contributed by atoms with Crippen molar-refractivity contribution in [2.24, 2.45) is 11.8 Å². The molecule has 2 radical (unpaired) electrons. The average molecular weight is 176 g/mol. The van der Waals surface area contributed by atoms with Gasteiger partial charge in [0.1, 0.15) is 0 Å². The van der Waals surface area contributed by atoms with Gasteiger partial charge in [-0.05, 0) is 50.4 Å². The molecule has 0 aromatic heterocycles. The van der Waals surface area contributed by atoms with E-state index in [0.29, 0.717) is 0 Å². The summed E-state index contributed by atoms with van der Waals surface area (Å²) in [6.45, 7) is 0. The first-order valence-electron chi connectivity index (χ1n) is 5.27. The first-order chi connectivity index (χ1) is 5.97. The second-order valence-corrected chi connectivity index (χ2v) is 4.10. The van der Waals surface area contributed by atoms with Crippen molar-refractivity contribution in [3.63, 3.8) is 0 Å². The molecule has 0 nitrogen and oxygen atoms in total. The van der Waals surface area contributed by atoms with E-state index in [9.17, 15) is 0 Å². The summed E-state index contributed by atoms with van der Waals surface area (Å²) in [5, 5.41) is 0. The highest BCUT2D eigenvalue weighted by Gasteiger charge is 2.21. The summed E-state index contributed by atoms with van der Waals surface area (Å²) in [5.74, 6) is 1.96. The molecule has 72 valence electrons. The first kappa shape index (κ1) is 10.6. The number of hydrogen-bond acceptors (Lipinski definition) is 0. The minimum atomic E-state index is 0. The Kier molecular flexibility index (Phi) is 4.27. The van der Waals surface area contributed by atoms with Gasteiger partial charge >= 0.3 is 0 Å². The fourth-order valence-corrected chi connectivity index (χ4v) is 2.46. The van der Waals surface area contributed by atoms with Gasteiger partial charge in [-0.15, -0.1) is 0 Å². The Morgan fingerprint density at radius 3 is 2.15 bits per heavy atom. The standard InChI is InChI=1S/C12H18.CH2/c1-2-4-8-12-10-6-5-9-11(12)7-3-1;/h1,3,5-6,11-12H,2,4,7-10H2;1H2. The van der Waals surface area contributed by atoms with Gasteiger partial charge in [0.05, 0.1) is 0 Å². The van der Waals surface area contributed by atoms with E-state index >= 15 is 0 Å². The Labute approximate surface area is 82.7 Å². The Balaban J connectivity index is 0.000000845. The van der Waals surface area contributed by atoms with Crippen molar-refractivity contribution in [3.8, 4) is 0 Å². The number of fused-ring (bicyclic) bond motifs is 1. The van der Waals surface area contributed by atoms with Crippen LogP contribution in [0.5, 0.6) is 0 Å². The average Bonchev–Trinajstić information content (AvgIpc) is 2.06. The van der Waals surface area contributed by atoms with E-state index in [4.69, 9.17) is 0 Å². The molecule has 2 unspecified atom stereocenters. The zero-order valence-electron chi connectivity index (χ0n) is 8.41. The lowest BCUT2D eigenvalue weighted by atomic mass is 9.77. The van der Waals surface area contributed by atoms with Crippen LogP contribution < -0.4 is 0 Å². The van der Waals surface area contributed by atoms with E-state index in [2.05, 4.69) is 24.3 Å². The molecule has 0 fully saturated rings. The first-order valence-corrected chi connectivity index (χ1v) is 5.27. The van der Waals surface area contributed by atoms with E-state index < -0.39 is 0 Å². The molecular weight excluding hydrogens is 156 g/mol. The maximum Gasteiger partial charge on any atom is -0.0314 e. The van der Waals surface area contributed by atoms with Crippen LogP contribution in [-0.4, -0.2) is 0 Å². The molecule has 0 saturated carbocycles. The molecule has 0 aromatic rings. The predicted molar refractivity (Wildman–Crippen MR) is 58.3 cm³/mol. The van der Waals surface area contributed by atoms with Gasteiger partial charge in [0.15, 0.2) is 0 Å². The summed E-state index contributed by atoms with van der Waals surface area (Å²) in [5.41, 5.74) is 0. The van der Waals surface area contributed by atoms with Crippen LogP contribution in [0, 0.1) is 19.3 Å². The Morgan fingerprint density at radius 1 is 0.769 bits per heavy atom. The molecule has 0 bridgehead atoms. The number of allylic oxidation sites excluding steroid dienone is 4. The van der Waals surface area contributed by atoms with Crippen molar-refractivity contribution in [2.75, 3.05) is 0 Å². The van der Waals surface area contributed by atoms with E-state index in [1.807, 2.05) is 0 Å². The van der Waals surface area contributed by atoms with Gasteiger partial charge in [-0.1, -0.05) is 31.7 Å². The van der Waals surface area contributed by atoms with Crippen molar-refractivity contribution in [3.05, 3.63) is 31.7 Å². The summed E-state index contributed by atoms with van der Waals surface area (Å²) < 4.78 is 0. The topological polar surface area (TPSA) is 0 Å². The monoisotopic (exact) mass is 176 g/mol. The second-order valence-electron chi connectivity index (χ2n) is 4.10. The van der Waals surface area contributed by atoms with Crippen molar-refractivity contribution in [1.29, 1.82) is 0 Å². The Hall–Kier alpha value is -0.520. The molecule has 0 aromatic carbocycles. The fourth-order valence-electron chi connectivity index (χ4n) is 2.46. The van der Waals surface area contributed by atoms with Gasteiger partial charge in [0.25, 0.3) is 0 Å². The molecule has 0 heteroatoms. The van der Waals surface area contributed by atoms with Crippen LogP contribution in [0.3, 0.4) is 0 Å². The predicted octanol–water partition coefficient (Wildman–Crippen LogP) is 4.03. The highest BCUT2D eigenvalue weighted by molar-refractivity contribution is 4.98. The van der Waals surface area contributed by atoms with E-state index in [-0.39, 0.29) is 7.43 Å². The number of rotatable bonds is 0. The van der Waals surface area contributed by atoms with Gasteiger partial charge < -0.3 is 0 Å². The molecule has 2 aliphatic rings. The van der Waals surface area contributed by atoms with Crippen molar-refractivity contribution in [2.45, 2.75) is 38.5 Å². The van der Waals surface area contributed by atoms with Crippen LogP contribution in [0.1, 0.15) is 38.5 Å². The smallest absolute Gasteiger partial charge is 0.0314 e. The minimum absolute atomic E-state index is 0. The van der Waals surface area contributed by atoms with Crippen molar-refractivity contribution in [1.82, 2.24) is 0 Å². The highest BCUT2D eigenvalue weighted by Crippen LogP contribution is 2.33. The molecule has 2 atom stereocenters. The SMILES string of the molecule is C1=CCC2CC=CCC2CCC1.[CH2]. The third kappa shape index (κ3) is 2.72. The maximum absolute atomic E-state index is 2.40. The molecule has 2 rings (SSSR count). The molecule has 0 N–H and O–H groups in total. The Morgan fingerprint density at radius 2 is 1.38 bits per heavy atom. The molecule has 0 saturated heterocycles. The molecular formula is C13H20. The largest absolute Gasteiger partial charge is 0.0885 e. The van der Waals surface area contributed by atoms with Gasteiger partial charge in [-0.2, -0.15) is 0 Å². The summed E-state index contributed by atoms with van der Waals surface area (Å²) in [6, 6.07) is 0. The van der Waals surface area contributed by atoms with Gasteiger partial charge in [-0.3, -0.25) is 0 Å². The summed E-state index contributed by atoms with van der Waals surface area (Å²) in [7, 11) is 0. The Bertz CT molecular complexity index is 188. The third-order valence-corrected chi connectivity index (χ3v) is 3.26. The fraction of sp³-hybridized carbons (Fsp3) is 0.615. The lowest BCUT2D eigenvalue weighted by Crippen LogP contribution is -2.17. The summed E-state index contributed by atoms with van der Waals surface area (Å²) in [6.07, 6.45) is 17.7. The normalized spacial score (nSPS) is 32.6. The minimum Gasteiger partial charge on any atom is -0.0885 e. The van der Waals surface area contributed by atoms with Gasteiger partial charge in [0.2, 0.25) is 0 Å². The van der Waals surface area contributed by atoms with Gasteiger partial charge in [0, 0.05) is 0 Å². The lowest BCUT2D eigenvalue weighted by molar-refractivity contribution is 0.296. The van der Waals surface area contributed by atoms with Crippen molar-refractivity contribution >= 4 is 0 Å². The van der Waals surface area contributed by atoms with Crippen LogP contribution >= 0.6 is 0 Å².